The van der Waals surface area contributed by atoms with Gasteiger partial charge < -0.3 is 10.1 Å². The molecule has 1 heterocycles. The van der Waals surface area contributed by atoms with E-state index in [1.54, 1.807) is 43.3 Å². The van der Waals surface area contributed by atoms with E-state index in [0.29, 0.717) is 20.7 Å². The highest BCUT2D eigenvalue weighted by Crippen LogP contribution is 2.27. The molecule has 0 aliphatic carbocycles. The van der Waals surface area contributed by atoms with Crippen molar-refractivity contribution in [2.24, 2.45) is 0 Å². The van der Waals surface area contributed by atoms with Crippen molar-refractivity contribution in [3.63, 3.8) is 0 Å². The van der Waals surface area contributed by atoms with Crippen molar-refractivity contribution < 1.29 is 14.3 Å². The number of para-hydroxylation sites is 2. The SMILES string of the molecule is CC(=O)Nc1ccccc1OC(C)C(=O)c1ccc(Cl)s1. The van der Waals surface area contributed by atoms with Gasteiger partial charge in [0.25, 0.3) is 0 Å². The number of Topliss-reactive ketones (excluding diaryl/α,β-unsaturated/α-hetero) is 1. The summed E-state index contributed by atoms with van der Waals surface area (Å²) in [4.78, 5) is 23.9. The van der Waals surface area contributed by atoms with Gasteiger partial charge in [-0.25, -0.2) is 0 Å². The van der Waals surface area contributed by atoms with E-state index in [-0.39, 0.29) is 11.7 Å². The van der Waals surface area contributed by atoms with Crippen LogP contribution in [0.2, 0.25) is 4.34 Å². The van der Waals surface area contributed by atoms with Crippen LogP contribution in [0.25, 0.3) is 0 Å². The average Bonchev–Trinajstić information content (AvgIpc) is 2.86. The number of amides is 1. The highest BCUT2D eigenvalue weighted by molar-refractivity contribution is 7.18. The molecule has 21 heavy (non-hydrogen) atoms. The molecular weight excluding hydrogens is 310 g/mol. The van der Waals surface area contributed by atoms with Gasteiger partial charge in [0, 0.05) is 6.92 Å². The molecule has 1 unspecified atom stereocenters. The van der Waals surface area contributed by atoms with E-state index in [9.17, 15) is 9.59 Å². The minimum atomic E-state index is -0.672. The third-order valence-corrected chi connectivity index (χ3v) is 3.93. The number of carbonyl (C=O) groups is 2. The molecule has 0 aliphatic rings. The normalized spacial score (nSPS) is 11.8. The number of ether oxygens (including phenoxy) is 1. The van der Waals surface area contributed by atoms with Crippen LogP contribution in [0.15, 0.2) is 36.4 Å². The molecular formula is C15H14ClNO3S. The third-order valence-electron chi connectivity index (χ3n) is 2.69. The Morgan fingerprint density at radius 3 is 2.57 bits per heavy atom. The molecule has 0 saturated carbocycles. The molecule has 0 spiro atoms. The highest BCUT2D eigenvalue weighted by Gasteiger charge is 2.20. The van der Waals surface area contributed by atoms with Gasteiger partial charge >= 0.3 is 0 Å². The molecule has 1 N–H and O–H groups in total. The zero-order valence-electron chi connectivity index (χ0n) is 11.6. The minimum Gasteiger partial charge on any atom is -0.480 e. The van der Waals surface area contributed by atoms with E-state index in [1.165, 1.54) is 18.3 Å². The first kappa shape index (κ1) is 15.5. The highest BCUT2D eigenvalue weighted by atomic mass is 35.5. The van der Waals surface area contributed by atoms with Crippen molar-refractivity contribution in [1.82, 2.24) is 0 Å². The lowest BCUT2D eigenvalue weighted by atomic mass is 10.2. The Labute approximate surface area is 131 Å². The van der Waals surface area contributed by atoms with E-state index < -0.39 is 6.10 Å². The first-order valence-electron chi connectivity index (χ1n) is 6.30. The van der Waals surface area contributed by atoms with Crippen LogP contribution in [-0.2, 0) is 4.79 Å². The number of hydrogen-bond donors (Lipinski definition) is 1. The van der Waals surface area contributed by atoms with Crippen LogP contribution in [0.4, 0.5) is 5.69 Å². The fourth-order valence-electron chi connectivity index (χ4n) is 1.75. The van der Waals surface area contributed by atoms with Crippen molar-refractivity contribution in [3.05, 3.63) is 45.6 Å². The molecule has 4 nitrogen and oxygen atoms in total. The quantitative estimate of drug-likeness (QED) is 0.846. The molecule has 1 atom stereocenters. The molecule has 2 rings (SSSR count). The number of rotatable bonds is 5. The van der Waals surface area contributed by atoms with Crippen LogP contribution in [0.1, 0.15) is 23.5 Å². The number of carbonyl (C=O) groups excluding carboxylic acids is 2. The monoisotopic (exact) mass is 323 g/mol. The first-order chi connectivity index (χ1) is 9.97. The molecule has 0 radical (unpaired) electrons. The topological polar surface area (TPSA) is 55.4 Å². The zero-order chi connectivity index (χ0) is 15.4. The van der Waals surface area contributed by atoms with Gasteiger partial charge in [-0.05, 0) is 31.2 Å². The number of halogens is 1. The molecule has 0 fully saturated rings. The number of hydrogen-bond acceptors (Lipinski definition) is 4. The summed E-state index contributed by atoms with van der Waals surface area (Å²) in [5.41, 5.74) is 0.536. The molecule has 6 heteroatoms. The van der Waals surface area contributed by atoms with Gasteiger partial charge in [-0.15, -0.1) is 11.3 Å². The maximum atomic E-state index is 12.2. The predicted molar refractivity (Wildman–Crippen MR) is 84.5 cm³/mol. The van der Waals surface area contributed by atoms with Gasteiger partial charge in [0.15, 0.2) is 6.10 Å². The Bertz CT molecular complexity index is 668. The summed E-state index contributed by atoms with van der Waals surface area (Å²) in [7, 11) is 0. The van der Waals surface area contributed by atoms with Gasteiger partial charge in [-0.1, -0.05) is 23.7 Å². The molecule has 2 aromatic rings. The molecule has 110 valence electrons. The number of ketones is 1. The van der Waals surface area contributed by atoms with E-state index >= 15 is 0 Å². The summed E-state index contributed by atoms with van der Waals surface area (Å²) in [6, 6.07) is 10.3. The summed E-state index contributed by atoms with van der Waals surface area (Å²) in [5.74, 6) is 0.107. The second-order valence-electron chi connectivity index (χ2n) is 4.41. The molecule has 1 amide bonds. The van der Waals surface area contributed by atoms with E-state index in [4.69, 9.17) is 16.3 Å². The Balaban J connectivity index is 2.14. The van der Waals surface area contributed by atoms with Crippen LogP contribution in [-0.4, -0.2) is 17.8 Å². The van der Waals surface area contributed by atoms with Gasteiger partial charge in [0.2, 0.25) is 11.7 Å². The maximum absolute atomic E-state index is 12.2. The lowest BCUT2D eigenvalue weighted by Gasteiger charge is -2.16. The summed E-state index contributed by atoms with van der Waals surface area (Å²) >= 11 is 7.05. The van der Waals surface area contributed by atoms with Crippen LogP contribution < -0.4 is 10.1 Å². The Hall–Kier alpha value is -1.85. The predicted octanol–water partition coefficient (Wildman–Crippen LogP) is 4.01. The van der Waals surface area contributed by atoms with Crippen molar-refractivity contribution in [1.29, 1.82) is 0 Å². The van der Waals surface area contributed by atoms with Gasteiger partial charge in [-0.3, -0.25) is 9.59 Å². The Morgan fingerprint density at radius 1 is 1.24 bits per heavy atom. The maximum Gasteiger partial charge on any atom is 0.221 e. The smallest absolute Gasteiger partial charge is 0.221 e. The van der Waals surface area contributed by atoms with Crippen LogP contribution in [0, 0.1) is 0 Å². The Kier molecular flexibility index (Phi) is 4.98. The van der Waals surface area contributed by atoms with Crippen LogP contribution in [0.3, 0.4) is 0 Å². The molecule has 1 aromatic carbocycles. The van der Waals surface area contributed by atoms with Gasteiger partial charge in [-0.2, -0.15) is 0 Å². The van der Waals surface area contributed by atoms with Crippen LogP contribution >= 0.6 is 22.9 Å². The second kappa shape index (κ2) is 6.74. The summed E-state index contributed by atoms with van der Waals surface area (Å²) in [6.45, 7) is 3.08. The lowest BCUT2D eigenvalue weighted by Crippen LogP contribution is -2.23. The molecule has 0 aliphatic heterocycles. The number of nitrogens with one attached hydrogen (secondary N) is 1. The number of benzene rings is 1. The van der Waals surface area contributed by atoms with Crippen molar-refractivity contribution in [3.8, 4) is 5.75 Å². The average molecular weight is 324 g/mol. The third kappa shape index (κ3) is 4.06. The second-order valence-corrected chi connectivity index (χ2v) is 6.12. The summed E-state index contributed by atoms with van der Waals surface area (Å²) in [5, 5.41) is 2.67. The van der Waals surface area contributed by atoms with E-state index in [1.807, 2.05) is 0 Å². The minimum absolute atomic E-state index is 0.149. The van der Waals surface area contributed by atoms with Gasteiger partial charge in [0.1, 0.15) is 5.75 Å². The standard InChI is InChI=1S/C15H14ClNO3S/c1-9(15(19)13-7-8-14(16)21-13)20-12-6-4-3-5-11(12)17-10(2)18/h3-9H,1-2H3,(H,17,18). The van der Waals surface area contributed by atoms with Crippen LogP contribution in [0.5, 0.6) is 5.75 Å². The number of anilines is 1. The van der Waals surface area contributed by atoms with E-state index in [2.05, 4.69) is 5.32 Å². The van der Waals surface area contributed by atoms with E-state index in [0.717, 1.165) is 0 Å². The Morgan fingerprint density at radius 2 is 1.95 bits per heavy atom. The molecule has 1 aromatic heterocycles. The van der Waals surface area contributed by atoms with Crippen molar-refractivity contribution in [2.75, 3.05) is 5.32 Å². The summed E-state index contributed by atoms with van der Waals surface area (Å²) < 4.78 is 6.23. The molecule has 0 bridgehead atoms. The van der Waals surface area contributed by atoms with Gasteiger partial charge in [0.05, 0.1) is 14.9 Å². The first-order valence-corrected chi connectivity index (χ1v) is 7.49. The number of thiophene rings is 1. The van der Waals surface area contributed by atoms with Crippen molar-refractivity contribution >= 4 is 40.3 Å². The fraction of sp³-hybridized carbons (Fsp3) is 0.200. The summed E-state index contributed by atoms with van der Waals surface area (Å²) in [6.07, 6.45) is -0.672. The lowest BCUT2D eigenvalue weighted by molar-refractivity contribution is -0.114. The zero-order valence-corrected chi connectivity index (χ0v) is 13.1. The largest absolute Gasteiger partial charge is 0.480 e. The molecule has 0 saturated heterocycles. The fourth-order valence-corrected chi connectivity index (χ4v) is 2.81. The van der Waals surface area contributed by atoms with Crippen molar-refractivity contribution in [2.45, 2.75) is 20.0 Å².